The molecule has 1 saturated heterocycles. The van der Waals surface area contributed by atoms with Gasteiger partial charge in [0.15, 0.2) is 0 Å². The number of morpholine rings is 1. The highest BCUT2D eigenvalue weighted by Crippen LogP contribution is 2.32. The summed E-state index contributed by atoms with van der Waals surface area (Å²) in [4.78, 5) is 17.3. The first-order chi connectivity index (χ1) is 16.1. The number of aromatic amines is 1. The number of nitrogens with one attached hydrogen (secondary N) is 1. The van der Waals surface area contributed by atoms with Gasteiger partial charge >= 0.3 is 0 Å². The van der Waals surface area contributed by atoms with E-state index in [-0.39, 0.29) is 11.7 Å². The van der Waals surface area contributed by atoms with Crippen LogP contribution in [0.15, 0.2) is 36.4 Å². The van der Waals surface area contributed by atoms with Crippen LogP contribution >= 0.6 is 0 Å². The lowest BCUT2D eigenvalue weighted by atomic mass is 9.85. The first-order valence-electron chi connectivity index (χ1n) is 12.0. The molecular formula is C26H32N4O3. The fourth-order valence-electron chi connectivity index (χ4n) is 5.12. The molecule has 1 amide bonds. The van der Waals surface area contributed by atoms with Crippen LogP contribution in [0.25, 0.3) is 10.9 Å². The van der Waals surface area contributed by atoms with Crippen LogP contribution in [0.1, 0.15) is 48.2 Å². The number of rotatable bonds is 5. The van der Waals surface area contributed by atoms with E-state index in [1.807, 2.05) is 18.2 Å². The molecule has 1 aromatic heterocycles. The molecule has 7 heteroatoms. The predicted octanol–water partition coefficient (Wildman–Crippen LogP) is 4.50. The molecule has 2 N–H and O–H groups in total. The number of phenolic OH excluding ortho intramolecular Hbond substituents is 1. The van der Waals surface area contributed by atoms with Crippen molar-refractivity contribution in [1.29, 1.82) is 0 Å². The Kier molecular flexibility index (Phi) is 6.22. The normalized spacial score (nSPS) is 17.4. The molecule has 0 bridgehead atoms. The molecule has 0 atom stereocenters. The van der Waals surface area contributed by atoms with Crippen LogP contribution in [0.2, 0.25) is 0 Å². The van der Waals surface area contributed by atoms with Gasteiger partial charge in [0.05, 0.1) is 30.0 Å². The summed E-state index contributed by atoms with van der Waals surface area (Å²) in [5.41, 5.74) is 3.92. The number of H-pyrrole nitrogens is 1. The van der Waals surface area contributed by atoms with Gasteiger partial charge in [-0.1, -0.05) is 38.2 Å². The van der Waals surface area contributed by atoms with Gasteiger partial charge in [-0.25, -0.2) is 0 Å². The summed E-state index contributed by atoms with van der Waals surface area (Å²) in [5, 5.41) is 19.1. The number of nitrogens with zero attached hydrogens (tertiary/aromatic N) is 3. The zero-order valence-corrected chi connectivity index (χ0v) is 19.2. The molecule has 1 saturated carbocycles. The summed E-state index contributed by atoms with van der Waals surface area (Å²) in [6.45, 7) is 3.09. The minimum absolute atomic E-state index is 0.0310. The second-order valence-corrected chi connectivity index (χ2v) is 9.28. The Morgan fingerprint density at radius 3 is 2.76 bits per heavy atom. The maximum atomic E-state index is 13.4. The van der Waals surface area contributed by atoms with Crippen molar-refractivity contribution in [2.45, 2.75) is 38.5 Å². The van der Waals surface area contributed by atoms with E-state index >= 15 is 0 Å². The van der Waals surface area contributed by atoms with Crippen molar-refractivity contribution in [2.75, 3.05) is 43.2 Å². The Labute approximate surface area is 194 Å². The molecule has 33 heavy (non-hydrogen) atoms. The number of carbonyl (C=O) groups is 1. The Balaban J connectivity index is 1.40. The third-order valence-corrected chi connectivity index (χ3v) is 7.09. The topological polar surface area (TPSA) is 81.7 Å². The molecule has 2 aliphatic rings. The summed E-state index contributed by atoms with van der Waals surface area (Å²) in [6, 6.07) is 11.4. The van der Waals surface area contributed by atoms with Gasteiger partial charge in [0.1, 0.15) is 5.75 Å². The first kappa shape index (κ1) is 21.8. The Morgan fingerprint density at radius 2 is 1.97 bits per heavy atom. The molecule has 3 aromatic rings. The highest BCUT2D eigenvalue weighted by molar-refractivity contribution is 6.09. The Hall–Kier alpha value is -3.06. The molecule has 174 valence electrons. The highest BCUT2D eigenvalue weighted by atomic mass is 16.5. The van der Waals surface area contributed by atoms with Crippen LogP contribution in [0, 0.1) is 5.92 Å². The largest absolute Gasteiger partial charge is 0.507 e. The zero-order chi connectivity index (χ0) is 22.8. The van der Waals surface area contributed by atoms with E-state index < -0.39 is 0 Å². The number of aromatic nitrogens is 2. The molecular weight excluding hydrogens is 416 g/mol. The molecule has 1 aliphatic carbocycles. The minimum Gasteiger partial charge on any atom is -0.507 e. The van der Waals surface area contributed by atoms with Crippen LogP contribution in [0.5, 0.6) is 5.75 Å². The molecule has 2 fully saturated rings. The Morgan fingerprint density at radius 1 is 1.18 bits per heavy atom. The third-order valence-electron chi connectivity index (χ3n) is 7.09. The van der Waals surface area contributed by atoms with Gasteiger partial charge in [0, 0.05) is 43.0 Å². The van der Waals surface area contributed by atoms with E-state index in [1.54, 1.807) is 24.1 Å². The average Bonchev–Trinajstić information content (AvgIpc) is 3.25. The number of hydrogen-bond acceptors (Lipinski definition) is 5. The van der Waals surface area contributed by atoms with Gasteiger partial charge in [-0.2, -0.15) is 5.10 Å². The SMILES string of the molecule is CN(C(=O)c1cc2c(CC3CCCCC3)n[nH]c2cc1O)c1cccc(N2CCOCC2)c1. The van der Waals surface area contributed by atoms with Crippen molar-refractivity contribution in [3.63, 3.8) is 0 Å². The number of amides is 1. The van der Waals surface area contributed by atoms with E-state index in [4.69, 9.17) is 4.74 Å². The standard InChI is InChI=1S/C26H32N4O3/c1-29(19-8-5-9-20(15-19)30-10-12-33-13-11-30)26(32)22-16-21-23(14-18-6-3-2-4-7-18)27-28-24(21)17-25(22)31/h5,8-9,15-18,31H,2-4,6-7,10-14H2,1H3,(H,27,28). The summed E-state index contributed by atoms with van der Waals surface area (Å²) in [7, 11) is 1.75. The second-order valence-electron chi connectivity index (χ2n) is 9.28. The van der Waals surface area contributed by atoms with E-state index in [2.05, 4.69) is 21.2 Å². The lowest BCUT2D eigenvalue weighted by Gasteiger charge is -2.29. The quantitative estimate of drug-likeness (QED) is 0.600. The van der Waals surface area contributed by atoms with Crippen molar-refractivity contribution >= 4 is 28.2 Å². The van der Waals surface area contributed by atoms with Crippen LogP contribution in [0.4, 0.5) is 11.4 Å². The monoisotopic (exact) mass is 448 g/mol. The molecule has 2 aromatic carbocycles. The molecule has 2 heterocycles. The average molecular weight is 449 g/mol. The van der Waals surface area contributed by atoms with Gasteiger partial charge in [-0.15, -0.1) is 0 Å². The number of benzene rings is 2. The fraction of sp³-hybridized carbons (Fsp3) is 0.462. The number of ether oxygens (including phenoxy) is 1. The molecule has 7 nitrogen and oxygen atoms in total. The predicted molar refractivity (Wildman–Crippen MR) is 130 cm³/mol. The van der Waals surface area contributed by atoms with Crippen molar-refractivity contribution in [3.8, 4) is 5.75 Å². The lowest BCUT2D eigenvalue weighted by Crippen LogP contribution is -2.36. The van der Waals surface area contributed by atoms with Crippen molar-refractivity contribution in [1.82, 2.24) is 10.2 Å². The summed E-state index contributed by atoms with van der Waals surface area (Å²) >= 11 is 0. The molecule has 0 radical (unpaired) electrons. The summed E-state index contributed by atoms with van der Waals surface area (Å²) < 4.78 is 5.45. The fourth-order valence-corrected chi connectivity index (χ4v) is 5.12. The molecule has 1 aliphatic heterocycles. The maximum Gasteiger partial charge on any atom is 0.261 e. The number of hydrogen-bond donors (Lipinski definition) is 2. The minimum atomic E-state index is -0.238. The highest BCUT2D eigenvalue weighted by Gasteiger charge is 2.22. The lowest BCUT2D eigenvalue weighted by molar-refractivity contribution is 0.0990. The van der Waals surface area contributed by atoms with E-state index in [9.17, 15) is 9.90 Å². The van der Waals surface area contributed by atoms with Gasteiger partial charge in [-0.3, -0.25) is 9.89 Å². The number of aromatic hydroxyl groups is 1. The van der Waals surface area contributed by atoms with Gasteiger partial charge in [-0.05, 0) is 36.6 Å². The van der Waals surface area contributed by atoms with E-state index in [0.29, 0.717) is 24.7 Å². The summed E-state index contributed by atoms with van der Waals surface area (Å²) in [6.07, 6.45) is 7.28. The summed E-state index contributed by atoms with van der Waals surface area (Å²) in [5.74, 6) is 0.374. The zero-order valence-electron chi connectivity index (χ0n) is 19.2. The van der Waals surface area contributed by atoms with E-state index in [0.717, 1.165) is 47.5 Å². The number of phenols is 1. The number of anilines is 2. The van der Waals surface area contributed by atoms with Crippen molar-refractivity contribution in [3.05, 3.63) is 47.7 Å². The third kappa shape index (κ3) is 4.55. The van der Waals surface area contributed by atoms with Crippen LogP contribution in [-0.2, 0) is 11.2 Å². The van der Waals surface area contributed by atoms with E-state index in [1.165, 1.54) is 32.1 Å². The van der Waals surface area contributed by atoms with Gasteiger partial charge in [0.25, 0.3) is 5.91 Å². The van der Waals surface area contributed by atoms with Gasteiger partial charge < -0.3 is 19.6 Å². The van der Waals surface area contributed by atoms with Crippen LogP contribution in [-0.4, -0.2) is 54.6 Å². The number of fused-ring (bicyclic) bond motifs is 1. The van der Waals surface area contributed by atoms with Crippen LogP contribution < -0.4 is 9.80 Å². The molecule has 0 spiro atoms. The second kappa shape index (κ2) is 9.43. The van der Waals surface area contributed by atoms with Crippen molar-refractivity contribution < 1.29 is 14.6 Å². The maximum absolute atomic E-state index is 13.4. The first-order valence-corrected chi connectivity index (χ1v) is 12.0. The molecule has 0 unspecified atom stereocenters. The van der Waals surface area contributed by atoms with Crippen molar-refractivity contribution in [2.24, 2.45) is 5.92 Å². The number of carbonyl (C=O) groups excluding carboxylic acids is 1. The smallest absolute Gasteiger partial charge is 0.261 e. The van der Waals surface area contributed by atoms with Gasteiger partial charge in [0.2, 0.25) is 0 Å². The Bertz CT molecular complexity index is 1130. The molecule has 5 rings (SSSR count). The van der Waals surface area contributed by atoms with Crippen LogP contribution in [0.3, 0.4) is 0 Å².